The van der Waals surface area contributed by atoms with Crippen molar-refractivity contribution in [2.75, 3.05) is 59.6 Å². The number of hydrogen-bond donors (Lipinski definition) is 0. The number of likely N-dealkylation sites (tertiary alicyclic amines) is 3. The zero-order valence-corrected chi connectivity index (χ0v) is 30.4. The Morgan fingerprint density at radius 3 is 2.34 bits per heavy atom. The molecule has 1 spiro atoms. The molecule has 12 heteroatoms. The first kappa shape index (κ1) is 34.9. The molecule has 2 aromatic rings. The molecule has 3 amide bonds. The number of amides is 3. The molecular formula is C38H50N4O7S. The van der Waals surface area contributed by atoms with Crippen molar-refractivity contribution in [3.05, 3.63) is 45.9 Å². The van der Waals surface area contributed by atoms with Crippen molar-refractivity contribution in [2.45, 2.75) is 77.2 Å². The number of esters is 1. The molecule has 2 atom stereocenters. The number of carbonyl (C=O) groups excluding carboxylic acids is 4. The molecule has 2 saturated carbocycles. The molecule has 0 bridgehead atoms. The maximum absolute atomic E-state index is 13.4. The van der Waals surface area contributed by atoms with E-state index in [4.69, 9.17) is 14.2 Å². The van der Waals surface area contributed by atoms with E-state index in [0.717, 1.165) is 56.3 Å². The van der Waals surface area contributed by atoms with E-state index in [1.165, 1.54) is 24.9 Å². The van der Waals surface area contributed by atoms with Crippen LogP contribution in [0.2, 0.25) is 0 Å². The van der Waals surface area contributed by atoms with Crippen molar-refractivity contribution in [1.82, 2.24) is 19.7 Å². The lowest BCUT2D eigenvalue weighted by Crippen LogP contribution is -2.63. The third-order valence-electron chi connectivity index (χ3n) is 12.0. The fraction of sp³-hybridized carbons (Fsp3) is 0.658. The van der Waals surface area contributed by atoms with Gasteiger partial charge < -0.3 is 28.9 Å². The van der Waals surface area contributed by atoms with Gasteiger partial charge >= 0.3 is 5.97 Å². The van der Waals surface area contributed by atoms with E-state index in [-0.39, 0.29) is 65.0 Å². The molecule has 4 heterocycles. The van der Waals surface area contributed by atoms with Gasteiger partial charge in [0.25, 0.3) is 5.91 Å². The molecule has 1 aromatic heterocycles. The van der Waals surface area contributed by atoms with Crippen molar-refractivity contribution in [2.24, 2.45) is 22.7 Å². The molecule has 3 saturated heterocycles. The average Bonchev–Trinajstić information content (AvgIpc) is 3.44. The van der Waals surface area contributed by atoms with E-state index in [1.54, 1.807) is 11.7 Å². The van der Waals surface area contributed by atoms with Gasteiger partial charge in [0.2, 0.25) is 11.8 Å². The highest BCUT2D eigenvalue weighted by molar-refractivity contribution is 7.11. The van der Waals surface area contributed by atoms with Crippen molar-refractivity contribution < 1.29 is 33.4 Å². The quantitative estimate of drug-likeness (QED) is 0.317. The minimum Gasteiger partial charge on any atom is -0.490 e. The highest BCUT2D eigenvalue weighted by atomic mass is 32.1. The molecule has 0 radical (unpaired) electrons. The fourth-order valence-corrected chi connectivity index (χ4v) is 9.22. The summed E-state index contributed by atoms with van der Waals surface area (Å²) in [5.41, 5.74) is 3.09. The van der Waals surface area contributed by atoms with Crippen LogP contribution in [-0.4, -0.2) is 109 Å². The molecule has 50 heavy (non-hydrogen) atoms. The van der Waals surface area contributed by atoms with E-state index in [9.17, 15) is 19.2 Å². The summed E-state index contributed by atoms with van der Waals surface area (Å²) in [6, 6.07) is 5.63. The monoisotopic (exact) mass is 706 g/mol. The number of piperidine rings is 1. The second kappa shape index (κ2) is 14.3. The Kier molecular flexibility index (Phi) is 9.95. The van der Waals surface area contributed by atoms with Gasteiger partial charge in [-0.2, -0.15) is 0 Å². The normalized spacial score (nSPS) is 24.6. The topological polar surface area (TPSA) is 119 Å². The van der Waals surface area contributed by atoms with Crippen LogP contribution in [0.5, 0.6) is 5.75 Å². The number of aromatic nitrogens is 1. The van der Waals surface area contributed by atoms with Gasteiger partial charge in [-0.1, -0.05) is 26.3 Å². The molecule has 0 N–H and O–H groups in total. The number of thiazole rings is 1. The number of methoxy groups -OCH3 is 1. The second-order valence-corrected chi connectivity index (χ2v) is 16.7. The lowest BCUT2D eigenvalue weighted by atomic mass is 9.71. The zero-order valence-electron chi connectivity index (χ0n) is 29.6. The van der Waals surface area contributed by atoms with Crippen molar-refractivity contribution in [3.63, 3.8) is 0 Å². The van der Waals surface area contributed by atoms with E-state index >= 15 is 0 Å². The maximum Gasteiger partial charge on any atom is 0.337 e. The molecule has 5 aliphatic rings. The summed E-state index contributed by atoms with van der Waals surface area (Å²) in [6.45, 7) is 8.21. The van der Waals surface area contributed by atoms with Gasteiger partial charge in [-0.3, -0.25) is 19.4 Å². The molecule has 270 valence electrons. The Labute approximate surface area is 298 Å². The zero-order chi connectivity index (χ0) is 35.0. The van der Waals surface area contributed by atoms with Gasteiger partial charge in [0.05, 0.1) is 37.1 Å². The first-order chi connectivity index (χ1) is 24.1. The summed E-state index contributed by atoms with van der Waals surface area (Å²) in [4.78, 5) is 62.5. The van der Waals surface area contributed by atoms with Gasteiger partial charge in [0.15, 0.2) is 0 Å². The Morgan fingerprint density at radius 1 is 0.960 bits per heavy atom. The first-order valence-corrected chi connectivity index (χ1v) is 19.2. The first-order valence-electron chi connectivity index (χ1n) is 18.3. The second-order valence-electron chi connectivity index (χ2n) is 15.8. The number of ether oxygens (including phenoxy) is 3. The van der Waals surface area contributed by atoms with Crippen LogP contribution in [0.3, 0.4) is 0 Å². The smallest absolute Gasteiger partial charge is 0.337 e. The fourth-order valence-electron chi connectivity index (χ4n) is 8.63. The predicted octanol–water partition coefficient (Wildman–Crippen LogP) is 5.01. The Balaban J connectivity index is 0.938. The van der Waals surface area contributed by atoms with Crippen LogP contribution in [0.15, 0.2) is 29.9 Å². The number of hydrogen-bond acceptors (Lipinski definition) is 9. The van der Waals surface area contributed by atoms with Crippen LogP contribution >= 0.6 is 11.3 Å². The summed E-state index contributed by atoms with van der Waals surface area (Å²) in [5, 5.41) is 0. The summed E-state index contributed by atoms with van der Waals surface area (Å²) in [7, 11) is 1.39. The highest BCUT2D eigenvalue weighted by Crippen LogP contribution is 2.54. The Morgan fingerprint density at radius 2 is 1.68 bits per heavy atom. The molecule has 7 rings (SSSR count). The van der Waals surface area contributed by atoms with Crippen molar-refractivity contribution in [1.29, 1.82) is 0 Å². The Bertz CT molecular complexity index is 1580. The molecule has 2 aliphatic carbocycles. The molecule has 1 aromatic carbocycles. The number of benzene rings is 1. The van der Waals surface area contributed by atoms with Gasteiger partial charge in [-0.25, -0.2) is 4.79 Å². The van der Waals surface area contributed by atoms with Gasteiger partial charge in [-0.15, -0.1) is 11.3 Å². The lowest BCUT2D eigenvalue weighted by molar-refractivity contribution is -0.149. The van der Waals surface area contributed by atoms with Crippen LogP contribution in [-0.2, 0) is 19.1 Å². The van der Waals surface area contributed by atoms with Crippen LogP contribution in [0.1, 0.15) is 96.7 Å². The van der Waals surface area contributed by atoms with Crippen LogP contribution in [0.4, 0.5) is 0 Å². The van der Waals surface area contributed by atoms with Gasteiger partial charge in [0.1, 0.15) is 17.2 Å². The summed E-state index contributed by atoms with van der Waals surface area (Å²) >= 11 is 1.34. The number of carbonyl (C=O) groups is 4. The molecular weight excluding hydrogens is 657 g/mol. The lowest BCUT2D eigenvalue weighted by Gasteiger charge is -2.51. The van der Waals surface area contributed by atoms with E-state index in [1.807, 2.05) is 32.9 Å². The van der Waals surface area contributed by atoms with Crippen LogP contribution in [0, 0.1) is 22.7 Å². The summed E-state index contributed by atoms with van der Waals surface area (Å²) < 4.78 is 17.6. The van der Waals surface area contributed by atoms with E-state index in [0.29, 0.717) is 56.3 Å². The molecule has 11 nitrogen and oxygen atoms in total. The third-order valence-corrected chi connectivity index (χ3v) is 12.8. The van der Waals surface area contributed by atoms with E-state index < -0.39 is 0 Å². The number of rotatable bonds is 10. The average molecular weight is 707 g/mol. The van der Waals surface area contributed by atoms with Gasteiger partial charge in [0, 0.05) is 56.5 Å². The van der Waals surface area contributed by atoms with Crippen molar-refractivity contribution >= 4 is 35.0 Å². The minimum atomic E-state index is -0.376. The SMILES string of the molecule is COC(=O)c1ccc(C2CCN(C(=O)COCC3CN(C(=O)c4cncs4)CC34CN(C(=O)[C@H]3CC3(C)C)C4)CC2)c(OC2CCCCC2)c1. The maximum atomic E-state index is 13.4. The highest BCUT2D eigenvalue weighted by Gasteiger charge is 2.60. The predicted molar refractivity (Wildman–Crippen MR) is 187 cm³/mol. The summed E-state index contributed by atoms with van der Waals surface area (Å²) in [5.74, 6) is 0.877. The minimum absolute atomic E-state index is 0.0111. The van der Waals surface area contributed by atoms with Gasteiger partial charge in [-0.05, 0) is 74.0 Å². The molecule has 5 fully saturated rings. The van der Waals surface area contributed by atoms with E-state index in [2.05, 4.69) is 18.8 Å². The molecule has 1 unspecified atom stereocenters. The van der Waals surface area contributed by atoms with Crippen molar-refractivity contribution in [3.8, 4) is 5.75 Å². The largest absolute Gasteiger partial charge is 0.490 e. The number of nitrogens with zero attached hydrogens (tertiary/aromatic N) is 4. The Hall–Kier alpha value is -3.51. The van der Waals surface area contributed by atoms with Crippen LogP contribution < -0.4 is 4.74 Å². The van der Waals surface area contributed by atoms with Crippen LogP contribution in [0.25, 0.3) is 0 Å². The molecule has 3 aliphatic heterocycles. The third kappa shape index (κ3) is 7.15. The summed E-state index contributed by atoms with van der Waals surface area (Å²) in [6.07, 6.45) is 9.87. The standard InChI is InChI=1S/C38H50N4O7S/c1-37(2)16-30(37)34(44)42-22-38(23-42)21-41(35(45)32-17-39-24-50-32)18-27(38)19-48-20-33(43)40-13-11-25(12-14-40)29-10-9-26(36(46)47-3)15-31(29)49-28-7-5-4-6-8-28/h9-10,15,17,24-25,27-28,30H,4-8,11-14,16,18-23H2,1-3H3/t27?,30-/m1/s1.